The number of aliphatic hydroxyl groups is 1. The molecule has 1 N–H and O–H groups in total. The summed E-state index contributed by atoms with van der Waals surface area (Å²) in [6.07, 6.45) is 0.0965. The van der Waals surface area contributed by atoms with Crippen LogP contribution in [0.1, 0.15) is 11.9 Å². The average molecular weight is 290 g/mol. The van der Waals surface area contributed by atoms with Gasteiger partial charge in [-0.2, -0.15) is 0 Å². The van der Waals surface area contributed by atoms with Crippen molar-refractivity contribution in [3.8, 4) is 0 Å². The molecule has 0 spiro atoms. The fourth-order valence-electron chi connectivity index (χ4n) is 2.63. The number of para-hydroxylation sites is 2. The highest BCUT2D eigenvalue weighted by Gasteiger charge is 2.26. The molecule has 1 atom stereocenters. The number of hydrogen-bond acceptors (Lipinski definition) is 5. The maximum atomic E-state index is 12.4. The summed E-state index contributed by atoms with van der Waals surface area (Å²) >= 11 is 0. The summed E-state index contributed by atoms with van der Waals surface area (Å²) in [5.74, 6) is 0. The normalized spacial score (nSPS) is 19.0. The Morgan fingerprint density at radius 3 is 2.62 bits per heavy atom. The van der Waals surface area contributed by atoms with Gasteiger partial charge < -0.3 is 19.9 Å². The average Bonchev–Trinajstić information content (AvgIpc) is 2.51. The molecule has 2 heterocycles. The minimum atomic E-state index is -1.07. The lowest BCUT2D eigenvalue weighted by molar-refractivity contribution is -0.466. The third-order valence-electron chi connectivity index (χ3n) is 3.97. The van der Waals surface area contributed by atoms with Gasteiger partial charge in [-0.25, -0.2) is 0 Å². The first kappa shape index (κ1) is 14.0. The molecule has 21 heavy (non-hydrogen) atoms. The van der Waals surface area contributed by atoms with Crippen LogP contribution >= 0.6 is 0 Å². The van der Waals surface area contributed by atoms with Crippen molar-refractivity contribution in [2.75, 3.05) is 33.2 Å². The number of piperazine rings is 1. The summed E-state index contributed by atoms with van der Waals surface area (Å²) in [6.45, 7) is 2.95. The maximum absolute atomic E-state index is 12.4. The molecule has 3 rings (SSSR count). The van der Waals surface area contributed by atoms with Crippen molar-refractivity contribution in [2.45, 2.75) is 6.23 Å². The summed E-state index contributed by atoms with van der Waals surface area (Å²) in [5.41, 5.74) is 0.619. The van der Waals surface area contributed by atoms with E-state index in [0.29, 0.717) is 27.8 Å². The van der Waals surface area contributed by atoms with Crippen molar-refractivity contribution >= 4 is 11.0 Å². The minimum Gasteiger partial charge on any atom is -0.805 e. The van der Waals surface area contributed by atoms with E-state index in [0.717, 1.165) is 13.1 Å². The molecule has 1 saturated heterocycles. The molecule has 112 valence electrons. The van der Waals surface area contributed by atoms with Crippen molar-refractivity contribution in [1.29, 1.82) is 0 Å². The summed E-state index contributed by atoms with van der Waals surface area (Å²) < 4.78 is 1.28. The van der Waals surface area contributed by atoms with Gasteiger partial charge in [0.2, 0.25) is 0 Å². The molecule has 0 amide bonds. The van der Waals surface area contributed by atoms with Gasteiger partial charge in [-0.15, -0.1) is 0 Å². The van der Waals surface area contributed by atoms with Gasteiger partial charge in [-0.1, -0.05) is 12.1 Å². The lowest BCUT2D eigenvalue weighted by Gasteiger charge is -2.36. The number of nitrogens with zero attached hydrogens (tertiary/aromatic N) is 4. The lowest BCUT2D eigenvalue weighted by Crippen LogP contribution is -2.46. The number of aliphatic hydroxyl groups excluding tert-OH is 1. The second-order valence-corrected chi connectivity index (χ2v) is 5.38. The third kappa shape index (κ3) is 2.51. The number of rotatable bonds is 2. The Morgan fingerprint density at radius 2 is 1.90 bits per heavy atom. The zero-order chi connectivity index (χ0) is 15.0. The number of likely N-dealkylation sites (N-methyl/N-ethyl adjacent to an activating group) is 1. The highest BCUT2D eigenvalue weighted by Crippen LogP contribution is 2.20. The molecular weight excluding hydrogens is 272 g/mol. The van der Waals surface area contributed by atoms with Crippen LogP contribution in [0.3, 0.4) is 0 Å². The fraction of sp³-hybridized carbons (Fsp3) is 0.429. The Hall–Kier alpha value is -1.96. The number of hydrogen-bond donors (Lipinski definition) is 1. The highest BCUT2D eigenvalue weighted by atomic mass is 16.5. The van der Waals surface area contributed by atoms with Crippen LogP contribution < -0.4 is 4.43 Å². The molecule has 1 unspecified atom stereocenters. The van der Waals surface area contributed by atoms with Crippen molar-refractivity contribution in [3.05, 3.63) is 46.3 Å². The van der Waals surface area contributed by atoms with Crippen LogP contribution in [0.4, 0.5) is 0 Å². The van der Waals surface area contributed by atoms with E-state index in [4.69, 9.17) is 0 Å². The first-order valence-corrected chi connectivity index (χ1v) is 6.93. The molecule has 7 heteroatoms. The Balaban J connectivity index is 2.00. The van der Waals surface area contributed by atoms with E-state index >= 15 is 0 Å². The number of benzene rings is 1. The van der Waals surface area contributed by atoms with Crippen LogP contribution in [0.15, 0.2) is 30.5 Å². The van der Waals surface area contributed by atoms with Gasteiger partial charge >= 0.3 is 0 Å². The Labute approximate surface area is 121 Å². The van der Waals surface area contributed by atoms with Gasteiger partial charge in [0.15, 0.2) is 6.23 Å². The van der Waals surface area contributed by atoms with Gasteiger partial charge in [-0.05, 0) is 13.1 Å². The van der Waals surface area contributed by atoms with Crippen LogP contribution in [-0.4, -0.2) is 52.9 Å². The zero-order valence-corrected chi connectivity index (χ0v) is 11.8. The number of fused-ring (bicyclic) bond motifs is 1. The molecule has 0 bridgehead atoms. The second-order valence-electron chi connectivity index (χ2n) is 5.38. The van der Waals surface area contributed by atoms with Gasteiger partial charge in [0, 0.05) is 37.2 Å². The second kappa shape index (κ2) is 5.44. The predicted molar refractivity (Wildman–Crippen MR) is 78.1 cm³/mol. The molecule has 2 aromatic rings. The highest BCUT2D eigenvalue weighted by molar-refractivity contribution is 5.71. The van der Waals surface area contributed by atoms with Gasteiger partial charge in [-0.3, -0.25) is 4.90 Å². The Kier molecular flexibility index (Phi) is 3.62. The summed E-state index contributed by atoms with van der Waals surface area (Å²) in [5, 5.41) is 22.8. The van der Waals surface area contributed by atoms with Crippen LogP contribution in [0.2, 0.25) is 0 Å². The first-order valence-electron chi connectivity index (χ1n) is 6.93. The van der Waals surface area contributed by atoms with Crippen molar-refractivity contribution < 1.29 is 9.53 Å². The van der Waals surface area contributed by atoms with E-state index in [9.17, 15) is 15.2 Å². The molecular formula is C14H18N4O3. The van der Waals surface area contributed by atoms with Gasteiger partial charge in [0.05, 0.1) is 4.43 Å². The van der Waals surface area contributed by atoms with E-state index in [1.54, 1.807) is 29.2 Å². The van der Waals surface area contributed by atoms with Crippen molar-refractivity contribution in [1.82, 2.24) is 14.5 Å². The summed E-state index contributed by atoms with van der Waals surface area (Å²) in [7, 11) is 2.01. The van der Waals surface area contributed by atoms with Crippen molar-refractivity contribution in [3.63, 3.8) is 0 Å². The Bertz CT molecular complexity index is 707. The monoisotopic (exact) mass is 290 g/mol. The summed E-state index contributed by atoms with van der Waals surface area (Å²) in [6, 6.07) is 6.57. The molecule has 1 aromatic heterocycles. The molecule has 1 aliphatic heterocycles. The van der Waals surface area contributed by atoms with E-state index in [-0.39, 0.29) is 11.2 Å². The van der Waals surface area contributed by atoms with E-state index in [2.05, 4.69) is 4.90 Å². The number of aromatic nitrogens is 2. The molecule has 0 aliphatic carbocycles. The van der Waals surface area contributed by atoms with E-state index in [1.807, 2.05) is 7.05 Å². The Morgan fingerprint density at radius 1 is 1.24 bits per heavy atom. The fourth-order valence-corrected chi connectivity index (χ4v) is 2.63. The maximum Gasteiger partial charge on any atom is 0.285 e. The van der Waals surface area contributed by atoms with Crippen LogP contribution in [0, 0.1) is 10.1 Å². The lowest BCUT2D eigenvalue weighted by atomic mass is 10.2. The van der Waals surface area contributed by atoms with Gasteiger partial charge in [0.25, 0.3) is 11.7 Å². The van der Waals surface area contributed by atoms with Crippen LogP contribution in [0.5, 0.6) is 0 Å². The quantitative estimate of drug-likeness (QED) is 0.796. The van der Waals surface area contributed by atoms with E-state index < -0.39 is 6.23 Å². The topological polar surface area (TPSA) is 77.7 Å². The third-order valence-corrected chi connectivity index (χ3v) is 3.97. The molecule has 1 fully saturated rings. The van der Waals surface area contributed by atoms with Crippen LogP contribution in [-0.2, 0) is 0 Å². The molecule has 1 aromatic carbocycles. The minimum absolute atomic E-state index is 0.0632. The standard InChI is InChI=1S/C14H18N4O3/c1-15-6-8-16(9-7-15)14(19)13-10-17(20)11-4-2-3-5-12(11)18(13)21/h2-5,10,14,19H,6-9H2,1H3. The van der Waals surface area contributed by atoms with Crippen molar-refractivity contribution in [2.24, 2.45) is 0 Å². The zero-order valence-electron chi connectivity index (χ0n) is 11.8. The predicted octanol–water partition coefficient (Wildman–Crippen LogP) is 0.140. The van der Waals surface area contributed by atoms with E-state index in [1.165, 1.54) is 6.20 Å². The molecule has 0 radical (unpaired) electrons. The molecule has 0 saturated carbocycles. The SMILES string of the molecule is CN1CCN(C(O)c2c[n+](=O)c3ccccc3n2[O-])CC1. The summed E-state index contributed by atoms with van der Waals surface area (Å²) in [4.78, 5) is 16.0. The van der Waals surface area contributed by atoms with Gasteiger partial charge in [0.1, 0.15) is 11.2 Å². The molecule has 1 aliphatic rings. The van der Waals surface area contributed by atoms with Crippen LogP contribution in [0.25, 0.3) is 11.0 Å². The molecule has 7 nitrogen and oxygen atoms in total. The first-order chi connectivity index (χ1) is 10.1. The smallest absolute Gasteiger partial charge is 0.285 e. The largest absolute Gasteiger partial charge is 0.805 e.